The molecule has 466 valence electrons. The molecule has 0 rings (SSSR count). The van der Waals surface area contributed by atoms with Crippen LogP contribution in [-0.2, 0) is 28.6 Å². The molecule has 0 aliphatic rings. The first kappa shape index (κ1) is 77.3. The van der Waals surface area contributed by atoms with Gasteiger partial charge in [0.25, 0.3) is 0 Å². The third-order valence-electron chi connectivity index (χ3n) is 15.1. The predicted molar refractivity (Wildman–Crippen MR) is 353 cm³/mol. The van der Waals surface area contributed by atoms with Crippen molar-refractivity contribution >= 4 is 17.9 Å². The molecule has 6 nitrogen and oxygen atoms in total. The number of unbranched alkanes of at least 4 members (excludes halogenated alkanes) is 36. The van der Waals surface area contributed by atoms with Gasteiger partial charge in [0.05, 0.1) is 0 Å². The van der Waals surface area contributed by atoms with E-state index in [1.807, 2.05) is 0 Å². The fraction of sp³-hybridized carbons (Fsp3) is 0.747. The molecular formula is C75H130O6. The van der Waals surface area contributed by atoms with E-state index in [1.54, 1.807) is 0 Å². The summed E-state index contributed by atoms with van der Waals surface area (Å²) in [5.74, 6) is -0.943. The smallest absolute Gasteiger partial charge is 0.306 e. The summed E-state index contributed by atoms with van der Waals surface area (Å²) in [4.78, 5) is 38.4. The van der Waals surface area contributed by atoms with Gasteiger partial charge in [-0.3, -0.25) is 14.4 Å². The van der Waals surface area contributed by atoms with Crippen molar-refractivity contribution in [1.29, 1.82) is 0 Å². The van der Waals surface area contributed by atoms with Gasteiger partial charge in [-0.1, -0.05) is 323 Å². The lowest BCUT2D eigenvalue weighted by Gasteiger charge is -2.18. The van der Waals surface area contributed by atoms with E-state index in [0.717, 1.165) is 89.9 Å². The normalized spacial score (nSPS) is 12.7. The standard InChI is InChI=1S/C75H130O6/c1-4-7-10-13-16-19-22-25-28-31-33-35-36-37-38-40-41-44-47-50-53-56-59-62-65-68-74(77)80-71-72(70-79-73(76)67-64-61-58-55-52-49-46-43-30-27-24-21-18-15-12-9-6-3)81-75(78)69-66-63-60-57-54-51-48-45-42-39-34-32-29-26-23-20-17-14-11-8-5-2/h9,12,18,21-22,25,27,30-31,33,36-37,46,49,55,58,72H,4-8,10-11,13-17,19-20,23-24,26,28-29,32,34-35,38-45,47-48,50-54,56-57,59-71H2,1-3H3/b12-9-,21-18-,25-22-,30-27-,33-31-,37-36-,49-46-,58-55-. The molecule has 0 aliphatic carbocycles. The highest BCUT2D eigenvalue weighted by atomic mass is 16.6. The second kappa shape index (κ2) is 68.8. The van der Waals surface area contributed by atoms with Crippen LogP contribution < -0.4 is 0 Å². The minimum absolute atomic E-state index is 0.0950. The van der Waals surface area contributed by atoms with Gasteiger partial charge in [-0.05, 0) is 96.3 Å². The summed E-state index contributed by atoms with van der Waals surface area (Å²) in [5.41, 5.74) is 0. The van der Waals surface area contributed by atoms with E-state index in [2.05, 4.69) is 118 Å². The zero-order chi connectivity index (χ0) is 58.5. The van der Waals surface area contributed by atoms with E-state index in [0.29, 0.717) is 19.3 Å². The number of hydrogen-bond acceptors (Lipinski definition) is 6. The van der Waals surface area contributed by atoms with Gasteiger partial charge in [-0.25, -0.2) is 0 Å². The fourth-order valence-corrected chi connectivity index (χ4v) is 9.90. The minimum Gasteiger partial charge on any atom is -0.462 e. The quantitative estimate of drug-likeness (QED) is 0.0261. The van der Waals surface area contributed by atoms with Crippen molar-refractivity contribution in [2.45, 2.75) is 348 Å². The summed E-state index contributed by atoms with van der Waals surface area (Å²) in [6.45, 7) is 6.51. The van der Waals surface area contributed by atoms with E-state index < -0.39 is 6.10 Å². The summed E-state index contributed by atoms with van der Waals surface area (Å²) in [6.07, 6.45) is 92.9. The molecule has 0 N–H and O–H groups in total. The van der Waals surface area contributed by atoms with Crippen LogP contribution in [0.5, 0.6) is 0 Å². The SMILES string of the molecule is CC/C=C\C/C=C\C/C=C\C/C=C\C/C=C\CCCC(=O)OCC(COC(=O)CCCCCCCCCCCC/C=C\C/C=C\C/C=C\CCCCCCC)OC(=O)CCCCCCCCCCCCCCCCCCCCCCC. The third-order valence-corrected chi connectivity index (χ3v) is 15.1. The zero-order valence-electron chi connectivity index (χ0n) is 53.5. The predicted octanol–water partition coefficient (Wildman–Crippen LogP) is 24.0. The summed E-state index contributed by atoms with van der Waals surface area (Å²) >= 11 is 0. The van der Waals surface area contributed by atoms with Gasteiger partial charge in [-0.2, -0.15) is 0 Å². The van der Waals surface area contributed by atoms with E-state index >= 15 is 0 Å². The van der Waals surface area contributed by atoms with Crippen LogP contribution in [0.15, 0.2) is 97.2 Å². The van der Waals surface area contributed by atoms with Crippen molar-refractivity contribution < 1.29 is 28.6 Å². The third kappa shape index (κ3) is 67.0. The van der Waals surface area contributed by atoms with Crippen LogP contribution in [0.3, 0.4) is 0 Å². The van der Waals surface area contributed by atoms with Gasteiger partial charge < -0.3 is 14.2 Å². The molecule has 0 radical (unpaired) electrons. The molecule has 1 unspecified atom stereocenters. The van der Waals surface area contributed by atoms with E-state index in [-0.39, 0.29) is 37.5 Å². The molecule has 6 heteroatoms. The molecule has 0 saturated carbocycles. The van der Waals surface area contributed by atoms with Gasteiger partial charge >= 0.3 is 17.9 Å². The number of carbonyl (C=O) groups excluding carboxylic acids is 3. The van der Waals surface area contributed by atoms with Crippen LogP contribution in [-0.4, -0.2) is 37.2 Å². The van der Waals surface area contributed by atoms with Gasteiger partial charge in [0, 0.05) is 19.3 Å². The maximum absolute atomic E-state index is 13.0. The number of esters is 3. The number of rotatable bonds is 63. The lowest BCUT2D eigenvalue weighted by Crippen LogP contribution is -2.30. The van der Waals surface area contributed by atoms with Gasteiger partial charge in [0.1, 0.15) is 13.2 Å². The van der Waals surface area contributed by atoms with E-state index in [1.165, 1.54) is 205 Å². The molecule has 0 saturated heterocycles. The highest BCUT2D eigenvalue weighted by Crippen LogP contribution is 2.17. The first-order valence-corrected chi connectivity index (χ1v) is 34.7. The van der Waals surface area contributed by atoms with Crippen molar-refractivity contribution in [3.63, 3.8) is 0 Å². The molecule has 0 fully saturated rings. The summed E-state index contributed by atoms with van der Waals surface area (Å²) < 4.78 is 16.9. The molecule has 0 spiro atoms. The minimum atomic E-state index is -0.803. The summed E-state index contributed by atoms with van der Waals surface area (Å²) in [5, 5.41) is 0. The van der Waals surface area contributed by atoms with Crippen molar-refractivity contribution in [1.82, 2.24) is 0 Å². The second-order valence-electron chi connectivity index (χ2n) is 23.1. The van der Waals surface area contributed by atoms with Gasteiger partial charge in [-0.15, -0.1) is 0 Å². The summed E-state index contributed by atoms with van der Waals surface area (Å²) in [6, 6.07) is 0. The van der Waals surface area contributed by atoms with E-state index in [9.17, 15) is 14.4 Å². The number of ether oxygens (including phenoxy) is 3. The average Bonchev–Trinajstić information content (AvgIpc) is 3.47. The molecule has 0 aromatic rings. The van der Waals surface area contributed by atoms with Crippen LogP contribution in [0.1, 0.15) is 342 Å². The molecule has 0 heterocycles. The number of carbonyl (C=O) groups is 3. The lowest BCUT2D eigenvalue weighted by molar-refractivity contribution is -0.167. The van der Waals surface area contributed by atoms with Crippen molar-refractivity contribution in [2.75, 3.05) is 13.2 Å². The van der Waals surface area contributed by atoms with Crippen LogP contribution in [0, 0.1) is 0 Å². The molecule has 0 aromatic carbocycles. The maximum Gasteiger partial charge on any atom is 0.306 e. The highest BCUT2D eigenvalue weighted by molar-refractivity contribution is 5.71. The lowest BCUT2D eigenvalue weighted by atomic mass is 10.0. The topological polar surface area (TPSA) is 78.9 Å². The molecule has 0 bridgehead atoms. The molecule has 81 heavy (non-hydrogen) atoms. The summed E-state index contributed by atoms with van der Waals surface area (Å²) in [7, 11) is 0. The Bertz CT molecular complexity index is 1580. The monoisotopic (exact) mass is 1130 g/mol. The Kier molecular flexibility index (Phi) is 65.7. The van der Waals surface area contributed by atoms with Crippen molar-refractivity contribution in [3.05, 3.63) is 97.2 Å². The van der Waals surface area contributed by atoms with Crippen LogP contribution >= 0.6 is 0 Å². The second-order valence-corrected chi connectivity index (χ2v) is 23.1. The average molecular weight is 1130 g/mol. The van der Waals surface area contributed by atoms with Gasteiger partial charge in [0.15, 0.2) is 6.10 Å². The first-order chi connectivity index (χ1) is 40.0. The first-order valence-electron chi connectivity index (χ1n) is 34.7. The molecule has 0 aliphatic heterocycles. The molecule has 0 amide bonds. The molecular weight excluding hydrogens is 997 g/mol. The Morgan fingerprint density at radius 1 is 0.259 bits per heavy atom. The Balaban J connectivity index is 4.40. The Labute approximate surface area is 502 Å². The number of allylic oxidation sites excluding steroid dienone is 16. The van der Waals surface area contributed by atoms with Crippen LogP contribution in [0.2, 0.25) is 0 Å². The maximum atomic E-state index is 13.0. The van der Waals surface area contributed by atoms with Crippen LogP contribution in [0.25, 0.3) is 0 Å². The number of hydrogen-bond donors (Lipinski definition) is 0. The molecule has 0 aromatic heterocycles. The van der Waals surface area contributed by atoms with Crippen molar-refractivity contribution in [3.8, 4) is 0 Å². The van der Waals surface area contributed by atoms with E-state index in [4.69, 9.17) is 14.2 Å². The van der Waals surface area contributed by atoms with Crippen molar-refractivity contribution in [2.24, 2.45) is 0 Å². The highest BCUT2D eigenvalue weighted by Gasteiger charge is 2.19. The fourth-order valence-electron chi connectivity index (χ4n) is 9.90. The van der Waals surface area contributed by atoms with Gasteiger partial charge in [0.2, 0.25) is 0 Å². The Morgan fingerprint density at radius 2 is 0.494 bits per heavy atom. The van der Waals surface area contributed by atoms with Crippen LogP contribution in [0.4, 0.5) is 0 Å². The molecule has 1 atom stereocenters. The Morgan fingerprint density at radius 3 is 0.802 bits per heavy atom. The Hall–Kier alpha value is -3.67. The zero-order valence-corrected chi connectivity index (χ0v) is 53.5. The largest absolute Gasteiger partial charge is 0.462 e.